The minimum absolute atomic E-state index is 0.0899. The molecule has 0 atom stereocenters. The number of aromatic nitrogens is 2. The van der Waals surface area contributed by atoms with Gasteiger partial charge in [-0.05, 0) is 76.3 Å². The fourth-order valence-corrected chi connectivity index (χ4v) is 7.28. The monoisotopic (exact) mass is 533 g/mol. The van der Waals surface area contributed by atoms with Crippen LogP contribution < -0.4 is 0 Å². The van der Waals surface area contributed by atoms with Gasteiger partial charge in [0.2, 0.25) is 0 Å². The Morgan fingerprint density at radius 2 is 1.76 bits per heavy atom. The molecule has 4 aliphatic rings. The summed E-state index contributed by atoms with van der Waals surface area (Å²) in [6.07, 6.45) is 18.2. The van der Waals surface area contributed by atoms with E-state index in [1.54, 1.807) is 0 Å². The largest absolute Gasteiger partial charge is 0.375 e. The average Bonchev–Trinajstić information content (AvgIpc) is 3.32. The summed E-state index contributed by atoms with van der Waals surface area (Å²) >= 11 is 1.48. The third-order valence-electron chi connectivity index (χ3n) is 9.05. The van der Waals surface area contributed by atoms with Crippen molar-refractivity contribution in [2.24, 2.45) is 5.41 Å². The van der Waals surface area contributed by atoms with Crippen LogP contribution in [-0.2, 0) is 16.0 Å². The summed E-state index contributed by atoms with van der Waals surface area (Å²) in [7, 11) is 0. The van der Waals surface area contributed by atoms with Gasteiger partial charge in [0.05, 0.1) is 45.2 Å². The number of carbonyl (C=O) groups is 2. The van der Waals surface area contributed by atoms with Crippen molar-refractivity contribution in [3.63, 3.8) is 0 Å². The Hall–Kier alpha value is -2.38. The quantitative estimate of drug-likeness (QED) is 0.416. The second kappa shape index (κ2) is 11.0. The predicted octanol–water partition coefficient (Wildman–Crippen LogP) is 6.64. The molecule has 0 N–H and O–H groups in total. The first-order chi connectivity index (χ1) is 18.5. The zero-order valence-electron chi connectivity index (χ0n) is 22.5. The summed E-state index contributed by atoms with van der Waals surface area (Å²) in [6.45, 7) is 3.63. The lowest BCUT2D eigenvalue weighted by Crippen LogP contribution is -2.42. The second-order valence-corrected chi connectivity index (χ2v) is 12.9. The van der Waals surface area contributed by atoms with E-state index in [9.17, 15) is 9.59 Å². The van der Waals surface area contributed by atoms with Crippen LogP contribution in [0.2, 0.25) is 0 Å². The van der Waals surface area contributed by atoms with Crippen LogP contribution in [0.15, 0.2) is 24.4 Å². The van der Waals surface area contributed by atoms with Crippen molar-refractivity contribution in [2.75, 3.05) is 13.1 Å². The van der Waals surface area contributed by atoms with E-state index in [2.05, 4.69) is 13.0 Å². The Balaban J connectivity index is 1.18. The van der Waals surface area contributed by atoms with E-state index in [1.807, 2.05) is 23.2 Å². The molecule has 202 valence electrons. The van der Waals surface area contributed by atoms with Crippen LogP contribution in [-0.4, -0.2) is 51.9 Å². The topological polar surface area (TPSA) is 72.4 Å². The number of aryl methyl sites for hydroxylation is 1. The third-order valence-corrected chi connectivity index (χ3v) is 10.2. The minimum Gasteiger partial charge on any atom is -0.375 e. The van der Waals surface area contributed by atoms with Gasteiger partial charge in [0.25, 0.3) is 5.91 Å². The summed E-state index contributed by atoms with van der Waals surface area (Å²) in [5, 5.41) is 0. The zero-order chi connectivity index (χ0) is 26.1. The van der Waals surface area contributed by atoms with Crippen LogP contribution in [0.25, 0.3) is 16.1 Å². The van der Waals surface area contributed by atoms with E-state index in [0.29, 0.717) is 12.2 Å². The van der Waals surface area contributed by atoms with Gasteiger partial charge >= 0.3 is 0 Å². The van der Waals surface area contributed by atoms with Crippen LogP contribution >= 0.6 is 11.3 Å². The minimum atomic E-state index is -0.303. The number of piperidine rings is 1. The number of ether oxygens (including phenoxy) is 1. The maximum absolute atomic E-state index is 13.8. The van der Waals surface area contributed by atoms with Gasteiger partial charge in [-0.15, -0.1) is 11.3 Å². The maximum atomic E-state index is 13.8. The molecule has 3 heterocycles. The molecular weight excluding hydrogens is 494 g/mol. The van der Waals surface area contributed by atoms with Crippen molar-refractivity contribution >= 4 is 28.6 Å². The van der Waals surface area contributed by atoms with Crippen LogP contribution in [0.3, 0.4) is 0 Å². The number of likely N-dealkylation sites (tertiary alicyclic amines) is 1. The summed E-state index contributed by atoms with van der Waals surface area (Å²) in [5.41, 5.74) is 2.88. The fraction of sp³-hybridized carbons (Fsp3) is 0.613. The molecule has 7 heteroatoms. The lowest BCUT2D eigenvalue weighted by molar-refractivity contribution is -0.123. The van der Waals surface area contributed by atoms with Crippen molar-refractivity contribution in [1.29, 1.82) is 0 Å². The van der Waals surface area contributed by atoms with Crippen LogP contribution in [0.5, 0.6) is 0 Å². The van der Waals surface area contributed by atoms with E-state index in [0.717, 1.165) is 103 Å². The molecular formula is C31H39N3O3S. The van der Waals surface area contributed by atoms with E-state index >= 15 is 0 Å². The number of allylic oxidation sites excluding steroid dienone is 2. The number of hydrogen-bond acceptors (Lipinski definition) is 6. The summed E-state index contributed by atoms with van der Waals surface area (Å²) in [5.74, 6) is 0.325. The van der Waals surface area contributed by atoms with Crippen molar-refractivity contribution in [3.8, 4) is 10.6 Å². The smallest absolute Gasteiger partial charge is 0.263 e. The van der Waals surface area contributed by atoms with Gasteiger partial charge in [0.15, 0.2) is 5.78 Å². The lowest BCUT2D eigenvalue weighted by atomic mass is 9.70. The Morgan fingerprint density at radius 3 is 2.50 bits per heavy atom. The van der Waals surface area contributed by atoms with Gasteiger partial charge in [-0.3, -0.25) is 14.6 Å². The Bertz CT molecular complexity index is 1220. The number of rotatable bonds is 6. The van der Waals surface area contributed by atoms with Gasteiger partial charge in [0, 0.05) is 24.1 Å². The molecule has 6 nitrogen and oxygen atoms in total. The van der Waals surface area contributed by atoms with E-state index in [1.165, 1.54) is 37.0 Å². The Labute approximate surface area is 229 Å². The van der Waals surface area contributed by atoms with Crippen LogP contribution in [0, 0.1) is 5.41 Å². The second-order valence-electron chi connectivity index (χ2n) is 11.9. The summed E-state index contributed by atoms with van der Waals surface area (Å²) in [4.78, 5) is 40.5. The highest BCUT2D eigenvalue weighted by molar-refractivity contribution is 7.17. The maximum Gasteiger partial charge on any atom is 0.263 e. The summed E-state index contributed by atoms with van der Waals surface area (Å²) < 4.78 is 6.17. The standard InChI is InChI=1S/C31H39N3O3S/c1-31(16-5-2-6-17-31)29(35)23-10-3-4-11-24-28(23)33-25(20-32-24)26-12-13-27(38-26)30(36)34-18-14-22(15-19-34)37-21-8-7-9-21/h10,12-13,20-22H,2-9,11,14-19H2,1H3. The number of fused-ring (bicyclic) bond motifs is 1. The number of thiophene rings is 1. The van der Waals surface area contributed by atoms with Crippen molar-refractivity contribution in [2.45, 2.75) is 103 Å². The molecule has 38 heavy (non-hydrogen) atoms. The molecule has 0 spiro atoms. The molecule has 1 saturated heterocycles. The highest BCUT2D eigenvalue weighted by Crippen LogP contribution is 2.41. The Kier molecular flexibility index (Phi) is 7.50. The van der Waals surface area contributed by atoms with Gasteiger partial charge in [-0.25, -0.2) is 4.98 Å². The van der Waals surface area contributed by atoms with E-state index in [-0.39, 0.29) is 17.1 Å². The molecule has 1 aliphatic heterocycles. The Morgan fingerprint density at radius 1 is 1.00 bits per heavy atom. The highest BCUT2D eigenvalue weighted by atomic mass is 32.1. The fourth-order valence-electron chi connectivity index (χ4n) is 6.35. The molecule has 0 radical (unpaired) electrons. The van der Waals surface area contributed by atoms with Crippen LogP contribution in [0.1, 0.15) is 105 Å². The molecule has 1 amide bonds. The zero-order valence-corrected chi connectivity index (χ0v) is 23.4. The number of amides is 1. The molecule has 2 aromatic rings. The van der Waals surface area contributed by atoms with E-state index < -0.39 is 0 Å². The van der Waals surface area contributed by atoms with E-state index in [4.69, 9.17) is 14.7 Å². The van der Waals surface area contributed by atoms with Crippen molar-refractivity contribution in [1.82, 2.24) is 14.9 Å². The number of ketones is 1. The van der Waals surface area contributed by atoms with Crippen LogP contribution in [0.4, 0.5) is 0 Å². The first-order valence-corrected chi connectivity index (χ1v) is 15.5. The molecule has 3 fully saturated rings. The molecule has 3 aliphatic carbocycles. The highest BCUT2D eigenvalue weighted by Gasteiger charge is 2.38. The summed E-state index contributed by atoms with van der Waals surface area (Å²) in [6, 6.07) is 3.89. The predicted molar refractivity (Wildman–Crippen MR) is 150 cm³/mol. The number of hydrogen-bond donors (Lipinski definition) is 0. The lowest BCUT2D eigenvalue weighted by Gasteiger charge is -2.36. The van der Waals surface area contributed by atoms with Gasteiger partial charge in [0.1, 0.15) is 0 Å². The van der Waals surface area contributed by atoms with Gasteiger partial charge < -0.3 is 9.64 Å². The third kappa shape index (κ3) is 5.24. The molecule has 0 bridgehead atoms. The average molecular weight is 534 g/mol. The first kappa shape index (κ1) is 25.9. The van der Waals surface area contributed by atoms with Crippen molar-refractivity contribution < 1.29 is 14.3 Å². The van der Waals surface area contributed by atoms with Gasteiger partial charge in [-0.1, -0.05) is 32.3 Å². The molecule has 2 saturated carbocycles. The normalized spacial score (nSPS) is 22.2. The SMILES string of the molecule is CC1(C(=O)C2=CCCCc3ncc(-c4ccc(C(=O)N5CCC(OC6CCC6)CC5)s4)nc32)CCCCC1. The molecule has 2 aromatic heterocycles. The van der Waals surface area contributed by atoms with Gasteiger partial charge in [-0.2, -0.15) is 0 Å². The number of nitrogens with zero attached hydrogens (tertiary/aromatic N) is 3. The molecule has 6 rings (SSSR count). The molecule has 0 unspecified atom stereocenters. The number of Topliss-reactive ketones (excluding diaryl/α,β-unsaturated/α-hetero) is 1. The van der Waals surface area contributed by atoms with Crippen molar-refractivity contribution in [3.05, 3.63) is 40.7 Å². The number of carbonyl (C=O) groups excluding carboxylic acids is 2. The molecule has 0 aromatic carbocycles. The first-order valence-electron chi connectivity index (χ1n) is 14.7.